The van der Waals surface area contributed by atoms with Gasteiger partial charge in [0.2, 0.25) is 0 Å². The Hall–Kier alpha value is -2.79. The van der Waals surface area contributed by atoms with E-state index < -0.39 is 44.1 Å². The zero-order valence-corrected chi connectivity index (χ0v) is 17.3. The summed E-state index contributed by atoms with van der Waals surface area (Å²) < 4.78 is 106. The quantitative estimate of drug-likeness (QED) is 0.399. The van der Waals surface area contributed by atoms with Gasteiger partial charge >= 0.3 is 12.4 Å². The third-order valence-electron chi connectivity index (χ3n) is 4.20. The molecule has 3 aromatic rings. The molecule has 0 atom stereocenters. The van der Waals surface area contributed by atoms with E-state index in [1.54, 1.807) is 0 Å². The Morgan fingerprint density at radius 1 is 0.844 bits per heavy atom. The zero-order valence-electron chi connectivity index (χ0n) is 15.7. The molecule has 169 valence electrons. The van der Waals surface area contributed by atoms with Crippen LogP contribution in [0.15, 0.2) is 71.9 Å². The third-order valence-corrected chi connectivity index (χ3v) is 6.19. The van der Waals surface area contributed by atoms with Crippen LogP contribution >= 0.6 is 11.6 Å². The van der Waals surface area contributed by atoms with Gasteiger partial charge in [0, 0.05) is 12.4 Å². The summed E-state index contributed by atoms with van der Waals surface area (Å²) >= 11 is 6.02. The number of halogens is 7. The Bertz CT molecular complexity index is 1210. The van der Waals surface area contributed by atoms with Gasteiger partial charge in [-0.3, -0.25) is 9.29 Å². The molecule has 32 heavy (non-hydrogen) atoms. The van der Waals surface area contributed by atoms with E-state index in [4.69, 9.17) is 11.6 Å². The molecule has 0 fully saturated rings. The van der Waals surface area contributed by atoms with E-state index in [2.05, 4.69) is 4.98 Å². The van der Waals surface area contributed by atoms with Crippen LogP contribution in [0.1, 0.15) is 16.7 Å². The zero-order chi connectivity index (χ0) is 23.7. The molecule has 0 aliphatic carbocycles. The van der Waals surface area contributed by atoms with E-state index >= 15 is 0 Å². The Labute approximate surface area is 184 Å². The summed E-state index contributed by atoms with van der Waals surface area (Å²) in [6.45, 7) is 0.943. The summed E-state index contributed by atoms with van der Waals surface area (Å²) in [7, 11) is -4.81. The first kappa shape index (κ1) is 23.9. The second-order valence-corrected chi connectivity index (χ2v) is 8.62. The molecule has 0 aliphatic rings. The number of hydrogen-bond acceptors (Lipinski definition) is 3. The first-order chi connectivity index (χ1) is 14.8. The van der Waals surface area contributed by atoms with Crippen molar-refractivity contribution in [2.75, 3.05) is 4.31 Å². The SMILES string of the molecule is O=S(=O)(c1cccc(C(F)(F)F)c1)N([CH]c1ccncc1)c1cc(C(F)(F)F)ccc1Cl. The number of aromatic nitrogens is 1. The van der Waals surface area contributed by atoms with Crippen LogP contribution in [-0.2, 0) is 22.4 Å². The molecule has 0 spiro atoms. The van der Waals surface area contributed by atoms with Gasteiger partial charge < -0.3 is 0 Å². The number of hydrogen-bond donors (Lipinski definition) is 0. The number of rotatable bonds is 5. The summed E-state index contributed by atoms with van der Waals surface area (Å²) in [6.07, 6.45) is -7.05. The van der Waals surface area contributed by atoms with E-state index in [1.807, 2.05) is 0 Å². The molecule has 2 aromatic carbocycles. The standard InChI is InChI=1S/C20H12ClF6N2O2S/c21-17-5-4-15(20(25,26)27)11-18(17)29(12-13-6-8-28-9-7-13)32(30,31)16-3-1-2-14(10-16)19(22,23)24/h1-12H. The molecule has 1 aromatic heterocycles. The summed E-state index contributed by atoms with van der Waals surface area (Å²) in [4.78, 5) is 2.97. The van der Waals surface area contributed by atoms with Gasteiger partial charge in [-0.1, -0.05) is 17.7 Å². The van der Waals surface area contributed by atoms with Gasteiger partial charge in [0.1, 0.15) is 0 Å². The molecule has 0 saturated heterocycles. The number of anilines is 1. The molecule has 3 rings (SSSR count). The monoisotopic (exact) mass is 493 g/mol. The Balaban J connectivity index is 2.20. The van der Waals surface area contributed by atoms with Gasteiger partial charge in [-0.2, -0.15) is 26.3 Å². The summed E-state index contributed by atoms with van der Waals surface area (Å²) in [5.41, 5.74) is -2.82. The second-order valence-electron chi connectivity index (χ2n) is 6.40. The Kier molecular flexibility index (Phi) is 6.43. The van der Waals surface area contributed by atoms with Crippen LogP contribution in [0.3, 0.4) is 0 Å². The van der Waals surface area contributed by atoms with Crippen LogP contribution < -0.4 is 4.31 Å². The van der Waals surface area contributed by atoms with E-state index in [1.165, 1.54) is 24.5 Å². The van der Waals surface area contributed by atoms with Gasteiger partial charge in [-0.05, 0) is 54.1 Å². The topological polar surface area (TPSA) is 50.3 Å². The molecule has 12 heteroatoms. The van der Waals surface area contributed by atoms with Crippen molar-refractivity contribution in [3.05, 3.63) is 95.2 Å². The van der Waals surface area contributed by atoms with Crippen LogP contribution in [0.25, 0.3) is 0 Å². The van der Waals surface area contributed by atoms with Gasteiger partial charge in [-0.25, -0.2) is 8.42 Å². The highest BCUT2D eigenvalue weighted by atomic mass is 35.5. The highest BCUT2D eigenvalue weighted by Crippen LogP contribution is 2.39. The number of sulfonamides is 1. The van der Waals surface area contributed by atoms with Crippen molar-refractivity contribution in [1.29, 1.82) is 0 Å². The normalized spacial score (nSPS) is 12.6. The van der Waals surface area contributed by atoms with Crippen molar-refractivity contribution in [2.24, 2.45) is 0 Å². The molecule has 0 amide bonds. The first-order valence-corrected chi connectivity index (χ1v) is 10.5. The van der Waals surface area contributed by atoms with Crippen LogP contribution in [0, 0.1) is 6.54 Å². The maximum Gasteiger partial charge on any atom is 0.416 e. The first-order valence-electron chi connectivity index (χ1n) is 8.63. The van der Waals surface area contributed by atoms with E-state index in [0.717, 1.165) is 24.7 Å². The van der Waals surface area contributed by atoms with Crippen molar-refractivity contribution in [1.82, 2.24) is 4.98 Å². The molecular formula is C20H12ClF6N2O2S. The number of nitrogens with zero attached hydrogens (tertiary/aromatic N) is 2. The lowest BCUT2D eigenvalue weighted by atomic mass is 10.2. The van der Waals surface area contributed by atoms with Crippen LogP contribution in [0.5, 0.6) is 0 Å². The average molecular weight is 494 g/mol. The molecular weight excluding hydrogens is 482 g/mol. The van der Waals surface area contributed by atoms with Crippen molar-refractivity contribution in [3.63, 3.8) is 0 Å². The fourth-order valence-electron chi connectivity index (χ4n) is 2.66. The van der Waals surface area contributed by atoms with Crippen LogP contribution in [0.4, 0.5) is 32.0 Å². The largest absolute Gasteiger partial charge is 0.416 e. The van der Waals surface area contributed by atoms with Gasteiger partial charge in [0.15, 0.2) is 0 Å². The lowest BCUT2D eigenvalue weighted by molar-refractivity contribution is -0.138. The van der Waals surface area contributed by atoms with Crippen molar-refractivity contribution >= 4 is 27.3 Å². The van der Waals surface area contributed by atoms with E-state index in [0.29, 0.717) is 28.6 Å². The maximum absolute atomic E-state index is 13.3. The van der Waals surface area contributed by atoms with Crippen molar-refractivity contribution in [3.8, 4) is 0 Å². The predicted molar refractivity (Wildman–Crippen MR) is 105 cm³/mol. The Morgan fingerprint density at radius 3 is 2.03 bits per heavy atom. The van der Waals surface area contributed by atoms with E-state index in [-0.39, 0.29) is 10.6 Å². The molecule has 4 nitrogen and oxygen atoms in total. The highest BCUT2D eigenvalue weighted by molar-refractivity contribution is 7.93. The lowest BCUT2D eigenvalue weighted by Gasteiger charge is -2.26. The fourth-order valence-corrected chi connectivity index (χ4v) is 4.34. The molecule has 1 heterocycles. The molecule has 0 saturated carbocycles. The highest BCUT2D eigenvalue weighted by Gasteiger charge is 2.36. The fraction of sp³-hybridized carbons (Fsp3) is 0.100. The molecule has 0 unspecified atom stereocenters. The molecule has 0 bridgehead atoms. The summed E-state index contributed by atoms with van der Waals surface area (Å²) in [5.74, 6) is 0. The summed E-state index contributed by atoms with van der Waals surface area (Å²) in [5, 5.41) is -0.362. The van der Waals surface area contributed by atoms with Crippen LogP contribution in [0.2, 0.25) is 5.02 Å². The van der Waals surface area contributed by atoms with Gasteiger partial charge in [0.25, 0.3) is 10.0 Å². The number of pyridine rings is 1. The number of alkyl halides is 6. The number of benzene rings is 2. The minimum Gasteiger partial charge on any atom is -0.265 e. The smallest absolute Gasteiger partial charge is 0.265 e. The second kappa shape index (κ2) is 8.62. The molecule has 1 radical (unpaired) electrons. The third kappa shape index (κ3) is 5.16. The predicted octanol–water partition coefficient (Wildman–Crippen LogP) is 6.18. The van der Waals surface area contributed by atoms with Gasteiger partial charge in [0.05, 0.1) is 33.3 Å². The van der Waals surface area contributed by atoms with Crippen LogP contribution in [-0.4, -0.2) is 13.4 Å². The van der Waals surface area contributed by atoms with E-state index in [9.17, 15) is 34.8 Å². The summed E-state index contributed by atoms with van der Waals surface area (Å²) in [6, 6.07) is 7.59. The van der Waals surface area contributed by atoms with Crippen molar-refractivity contribution in [2.45, 2.75) is 17.2 Å². The molecule has 0 aliphatic heterocycles. The minimum absolute atomic E-state index is 0.198. The maximum atomic E-state index is 13.3. The minimum atomic E-state index is -4.83. The molecule has 0 N–H and O–H groups in total. The van der Waals surface area contributed by atoms with Gasteiger partial charge in [-0.15, -0.1) is 0 Å². The van der Waals surface area contributed by atoms with Crippen molar-refractivity contribution < 1.29 is 34.8 Å². The lowest BCUT2D eigenvalue weighted by Crippen LogP contribution is -2.30. The average Bonchev–Trinajstić information content (AvgIpc) is 2.72. The Morgan fingerprint density at radius 2 is 1.44 bits per heavy atom.